The van der Waals surface area contributed by atoms with Gasteiger partial charge in [-0.1, -0.05) is 25.5 Å². The van der Waals surface area contributed by atoms with Gasteiger partial charge in [0, 0.05) is 23.9 Å². The van der Waals surface area contributed by atoms with E-state index in [0.717, 1.165) is 30.5 Å². The van der Waals surface area contributed by atoms with Crippen molar-refractivity contribution < 1.29 is 31.1 Å². The average molecular weight is 411 g/mol. The van der Waals surface area contributed by atoms with Crippen LogP contribution in [0.2, 0.25) is 0 Å². The van der Waals surface area contributed by atoms with Crippen LogP contribution in [0, 0.1) is 23.3 Å². The third kappa shape index (κ3) is 4.52. The number of ether oxygens (including phenoxy) is 1. The number of hydrogen-bond acceptors (Lipinski definition) is 2. The fraction of sp³-hybridized carbons (Fsp3) is 0.190. The molecule has 0 aliphatic heterocycles. The van der Waals surface area contributed by atoms with Gasteiger partial charge in [0.05, 0.1) is 11.3 Å². The van der Waals surface area contributed by atoms with E-state index in [4.69, 9.17) is 0 Å². The first kappa shape index (κ1) is 20.7. The molecule has 152 valence electrons. The number of hydrogen-bond donors (Lipinski definition) is 0. The van der Waals surface area contributed by atoms with E-state index < -0.39 is 40.7 Å². The normalized spacial score (nSPS) is 11.6. The molecule has 2 nitrogen and oxygen atoms in total. The third-order valence-corrected chi connectivity index (χ3v) is 4.15. The molecule has 0 radical (unpaired) electrons. The summed E-state index contributed by atoms with van der Waals surface area (Å²) in [6, 6.07) is 6.85. The summed E-state index contributed by atoms with van der Waals surface area (Å²) in [6.07, 6.45) is -0.867. The van der Waals surface area contributed by atoms with Crippen molar-refractivity contribution in [1.29, 1.82) is 0 Å². The van der Waals surface area contributed by atoms with Gasteiger partial charge >= 0.3 is 6.11 Å². The Morgan fingerprint density at radius 3 is 2.14 bits per heavy atom. The first-order chi connectivity index (χ1) is 13.7. The van der Waals surface area contributed by atoms with E-state index in [0.29, 0.717) is 5.69 Å². The number of halogens is 6. The Balaban J connectivity index is 1.86. The fourth-order valence-corrected chi connectivity index (χ4v) is 2.74. The van der Waals surface area contributed by atoms with Crippen LogP contribution < -0.4 is 4.74 Å². The predicted octanol–water partition coefficient (Wildman–Crippen LogP) is 6.39. The molecule has 0 aliphatic rings. The van der Waals surface area contributed by atoms with Crippen LogP contribution in [0.25, 0.3) is 11.3 Å². The molecule has 0 fully saturated rings. The number of benzene rings is 2. The lowest BCUT2D eigenvalue weighted by atomic mass is 10.1. The molecule has 0 amide bonds. The molecular formula is C21H15F6NO. The molecule has 0 saturated carbocycles. The average Bonchev–Trinajstić information content (AvgIpc) is 2.66. The highest BCUT2D eigenvalue weighted by Gasteiger charge is 2.38. The van der Waals surface area contributed by atoms with Crippen molar-refractivity contribution in [2.75, 3.05) is 0 Å². The monoisotopic (exact) mass is 411 g/mol. The lowest BCUT2D eigenvalue weighted by Gasteiger charge is -2.19. The van der Waals surface area contributed by atoms with Crippen molar-refractivity contribution in [2.24, 2.45) is 0 Å². The summed E-state index contributed by atoms with van der Waals surface area (Å²) < 4.78 is 86.6. The third-order valence-electron chi connectivity index (χ3n) is 4.15. The van der Waals surface area contributed by atoms with Crippen molar-refractivity contribution in [3.8, 4) is 17.0 Å². The Kier molecular flexibility index (Phi) is 5.81. The fourth-order valence-electron chi connectivity index (χ4n) is 2.74. The molecule has 0 saturated heterocycles. The zero-order valence-electron chi connectivity index (χ0n) is 15.2. The van der Waals surface area contributed by atoms with Gasteiger partial charge in [-0.05, 0) is 30.2 Å². The summed E-state index contributed by atoms with van der Waals surface area (Å²) >= 11 is 0. The maximum Gasteiger partial charge on any atom is 0.429 e. The molecule has 8 heteroatoms. The second-order valence-electron chi connectivity index (χ2n) is 6.32. The van der Waals surface area contributed by atoms with Gasteiger partial charge < -0.3 is 4.74 Å². The van der Waals surface area contributed by atoms with Gasteiger partial charge in [0.1, 0.15) is 11.6 Å². The van der Waals surface area contributed by atoms with Crippen LogP contribution in [0.4, 0.5) is 26.3 Å². The van der Waals surface area contributed by atoms with E-state index >= 15 is 0 Å². The lowest BCUT2D eigenvalue weighted by molar-refractivity contribution is -0.187. The highest BCUT2D eigenvalue weighted by Crippen LogP contribution is 2.35. The van der Waals surface area contributed by atoms with E-state index in [-0.39, 0.29) is 17.7 Å². The van der Waals surface area contributed by atoms with Crippen molar-refractivity contribution in [3.63, 3.8) is 0 Å². The van der Waals surface area contributed by atoms with Crippen LogP contribution in [0.5, 0.6) is 5.75 Å². The largest absolute Gasteiger partial charge is 0.429 e. The molecule has 0 spiro atoms. The maximum atomic E-state index is 14.4. The number of alkyl halides is 2. The van der Waals surface area contributed by atoms with Crippen LogP contribution >= 0.6 is 0 Å². The zero-order chi connectivity index (χ0) is 21.2. The summed E-state index contributed by atoms with van der Waals surface area (Å²) in [7, 11) is 0. The molecule has 0 atom stereocenters. The molecule has 3 aromatic rings. The van der Waals surface area contributed by atoms with Gasteiger partial charge in [-0.2, -0.15) is 8.78 Å². The minimum atomic E-state index is -4.25. The quantitative estimate of drug-likeness (QED) is 0.347. The van der Waals surface area contributed by atoms with E-state index in [1.807, 2.05) is 13.0 Å². The number of nitrogens with zero attached hydrogens (tertiary/aromatic N) is 1. The van der Waals surface area contributed by atoms with Gasteiger partial charge in [-0.25, -0.2) is 17.6 Å². The second-order valence-corrected chi connectivity index (χ2v) is 6.32. The molecule has 0 N–H and O–H groups in total. The van der Waals surface area contributed by atoms with Gasteiger partial charge in [0.15, 0.2) is 17.5 Å². The van der Waals surface area contributed by atoms with Gasteiger partial charge in [-0.3, -0.25) is 4.98 Å². The van der Waals surface area contributed by atoms with Crippen molar-refractivity contribution >= 4 is 0 Å². The first-order valence-electron chi connectivity index (χ1n) is 8.68. The Morgan fingerprint density at radius 2 is 1.59 bits per heavy atom. The summed E-state index contributed by atoms with van der Waals surface area (Å²) in [5.74, 6) is -7.51. The molecular weight excluding hydrogens is 396 g/mol. The van der Waals surface area contributed by atoms with Crippen LogP contribution in [0.3, 0.4) is 0 Å². The zero-order valence-corrected chi connectivity index (χ0v) is 15.2. The van der Waals surface area contributed by atoms with E-state index in [1.54, 1.807) is 12.3 Å². The Labute approximate surface area is 162 Å². The standard InChI is InChI=1S/C21H15F6NO/c1-2-3-12-4-7-19(28-11-12)13-5-6-15(16(22)8-13)21(26,27)29-14-9-17(23)20(25)18(24)10-14/h4-11H,2-3H2,1H3. The molecule has 0 unspecified atom stereocenters. The minimum Gasteiger partial charge on any atom is -0.429 e. The number of aryl methyl sites for hydroxylation is 1. The number of aromatic nitrogens is 1. The van der Waals surface area contributed by atoms with E-state index in [2.05, 4.69) is 9.72 Å². The van der Waals surface area contributed by atoms with Crippen LogP contribution in [0.1, 0.15) is 24.5 Å². The van der Waals surface area contributed by atoms with Crippen molar-refractivity contribution in [3.05, 3.63) is 83.1 Å². The number of pyridine rings is 1. The molecule has 2 aromatic carbocycles. The second kappa shape index (κ2) is 8.14. The Bertz CT molecular complexity index is 997. The van der Waals surface area contributed by atoms with Crippen molar-refractivity contribution in [1.82, 2.24) is 4.98 Å². The molecule has 1 heterocycles. The molecule has 3 rings (SSSR count). The summed E-state index contributed by atoms with van der Waals surface area (Å²) in [4.78, 5) is 4.19. The van der Waals surface area contributed by atoms with Crippen LogP contribution in [0.15, 0.2) is 48.7 Å². The Morgan fingerprint density at radius 1 is 0.897 bits per heavy atom. The van der Waals surface area contributed by atoms with Crippen molar-refractivity contribution in [2.45, 2.75) is 25.9 Å². The lowest BCUT2D eigenvalue weighted by Crippen LogP contribution is -2.23. The van der Waals surface area contributed by atoms with E-state index in [9.17, 15) is 26.3 Å². The highest BCUT2D eigenvalue weighted by molar-refractivity contribution is 5.60. The van der Waals surface area contributed by atoms with Gasteiger partial charge in [-0.15, -0.1) is 0 Å². The molecule has 1 aromatic heterocycles. The first-order valence-corrected chi connectivity index (χ1v) is 8.68. The smallest absolute Gasteiger partial charge is 0.429 e. The van der Waals surface area contributed by atoms with Crippen LogP contribution in [-0.2, 0) is 12.5 Å². The molecule has 0 bridgehead atoms. The van der Waals surface area contributed by atoms with Crippen LogP contribution in [-0.4, -0.2) is 4.98 Å². The molecule has 0 aliphatic carbocycles. The summed E-state index contributed by atoms with van der Waals surface area (Å²) in [5.41, 5.74) is 0.507. The minimum absolute atomic E-state index is 0.250. The van der Waals surface area contributed by atoms with Gasteiger partial charge in [0.2, 0.25) is 0 Å². The summed E-state index contributed by atoms with van der Waals surface area (Å²) in [5, 5.41) is 0. The topological polar surface area (TPSA) is 22.1 Å². The number of rotatable bonds is 6. The SMILES string of the molecule is CCCc1ccc(-c2ccc(C(F)(F)Oc3cc(F)c(F)c(F)c3)c(F)c2)nc1. The predicted molar refractivity (Wildman–Crippen MR) is 94.5 cm³/mol. The van der Waals surface area contributed by atoms with E-state index in [1.165, 1.54) is 6.07 Å². The highest BCUT2D eigenvalue weighted by atomic mass is 19.3. The summed E-state index contributed by atoms with van der Waals surface area (Å²) in [6.45, 7) is 2.01. The van der Waals surface area contributed by atoms with Gasteiger partial charge in [0.25, 0.3) is 0 Å². The Hall–Kier alpha value is -3.03. The maximum absolute atomic E-state index is 14.4. The molecule has 29 heavy (non-hydrogen) atoms.